The molecule has 2 aromatic rings. The van der Waals surface area contributed by atoms with Crippen LogP contribution in [0.2, 0.25) is 0 Å². The van der Waals surface area contributed by atoms with Crippen molar-refractivity contribution in [2.24, 2.45) is 0 Å². The minimum atomic E-state index is -3.47. The third-order valence-electron chi connectivity index (χ3n) is 1.99. The third kappa shape index (κ3) is 3.40. The van der Waals surface area contributed by atoms with E-state index in [4.69, 9.17) is 4.18 Å². The van der Waals surface area contributed by atoms with Gasteiger partial charge in [-0.15, -0.1) is 0 Å². The fourth-order valence-corrected chi connectivity index (χ4v) is 1.90. The quantitative estimate of drug-likeness (QED) is 0.765. The number of hydrogen-bond donors (Lipinski definition) is 0. The Morgan fingerprint density at radius 3 is 2.31 bits per heavy atom. The van der Waals surface area contributed by atoms with Gasteiger partial charge in [-0.1, -0.05) is 36.4 Å². The summed E-state index contributed by atoms with van der Waals surface area (Å²) in [6.45, 7) is 0. The molecule has 3 nitrogen and oxygen atoms in total. The van der Waals surface area contributed by atoms with E-state index in [0.717, 1.165) is 17.0 Å². The molecule has 0 unspecified atom stereocenters. The van der Waals surface area contributed by atoms with Crippen LogP contribution in [0.4, 0.5) is 0 Å². The molecule has 2 aromatic carbocycles. The average molecular weight is 367 g/mol. The van der Waals surface area contributed by atoms with Crippen LogP contribution in [-0.2, 0) is 10.1 Å². The van der Waals surface area contributed by atoms with E-state index in [0.29, 0.717) is 5.75 Å². The van der Waals surface area contributed by atoms with Gasteiger partial charge in [0, 0.05) is 46.2 Å². The Balaban J connectivity index is 0.00000128. The minimum Gasteiger partial charge on any atom is -0.382 e. The second-order valence-electron chi connectivity index (χ2n) is 3.26. The van der Waals surface area contributed by atoms with Gasteiger partial charge in [0.25, 0.3) is 0 Å². The molecule has 2 rings (SSSR count). The monoisotopic (exact) mass is 364 g/mol. The molecule has 0 aromatic heterocycles. The van der Waals surface area contributed by atoms with Gasteiger partial charge < -0.3 is 4.18 Å². The van der Waals surface area contributed by atoms with Gasteiger partial charge in [0.15, 0.2) is 0 Å². The Kier molecular flexibility index (Phi) is 4.70. The van der Waals surface area contributed by atoms with Crippen molar-refractivity contribution in [2.75, 3.05) is 6.26 Å². The fourth-order valence-electron chi connectivity index (χ4n) is 1.43. The van der Waals surface area contributed by atoms with Gasteiger partial charge in [-0.25, -0.2) is 0 Å². The first-order chi connectivity index (χ1) is 7.06. The number of hydrogen-bond acceptors (Lipinski definition) is 3. The van der Waals surface area contributed by atoms with Crippen molar-refractivity contribution in [1.29, 1.82) is 0 Å². The van der Waals surface area contributed by atoms with E-state index >= 15 is 0 Å². The maximum Gasteiger partial charge on any atom is 0.306 e. The van der Waals surface area contributed by atoms with Gasteiger partial charge in [0.1, 0.15) is 5.75 Å². The van der Waals surface area contributed by atoms with Crippen molar-refractivity contribution in [3.8, 4) is 5.75 Å². The zero-order chi connectivity index (χ0) is 10.9. The van der Waals surface area contributed by atoms with Crippen molar-refractivity contribution in [2.45, 2.75) is 0 Å². The van der Waals surface area contributed by atoms with E-state index in [1.54, 1.807) is 12.1 Å². The van der Waals surface area contributed by atoms with Crippen LogP contribution >= 0.6 is 0 Å². The van der Waals surface area contributed by atoms with E-state index in [1.807, 2.05) is 30.3 Å². The standard InChI is InChI=1S/C11H10O3S.Nd/c1-15(12,13)14-11-8-4-6-9-5-2-3-7-10(9)11;/h2-8H,1H3;. The smallest absolute Gasteiger partial charge is 0.306 e. The van der Waals surface area contributed by atoms with Gasteiger partial charge in [0.2, 0.25) is 0 Å². The minimum absolute atomic E-state index is 0. The van der Waals surface area contributed by atoms with Gasteiger partial charge in [-0.3, -0.25) is 0 Å². The first kappa shape index (κ1) is 13.9. The molecule has 0 bridgehead atoms. The van der Waals surface area contributed by atoms with Crippen LogP contribution in [0.1, 0.15) is 0 Å². The largest absolute Gasteiger partial charge is 0.382 e. The van der Waals surface area contributed by atoms with Crippen molar-refractivity contribution in [3.05, 3.63) is 42.5 Å². The van der Waals surface area contributed by atoms with Crippen LogP contribution in [0.15, 0.2) is 42.5 Å². The van der Waals surface area contributed by atoms with Crippen LogP contribution in [0, 0.1) is 40.8 Å². The SMILES string of the molecule is CS(=O)(=O)Oc1cccc2ccccc12.[Nd]. The van der Waals surface area contributed by atoms with Gasteiger partial charge in [0.05, 0.1) is 6.26 Å². The van der Waals surface area contributed by atoms with Crippen LogP contribution in [0.3, 0.4) is 0 Å². The van der Waals surface area contributed by atoms with Crippen LogP contribution in [-0.4, -0.2) is 14.7 Å². The molecule has 0 saturated carbocycles. The molecule has 0 fully saturated rings. The second kappa shape index (κ2) is 5.42. The summed E-state index contributed by atoms with van der Waals surface area (Å²) in [5, 5.41) is 1.75. The predicted octanol–water partition coefficient (Wildman–Crippen LogP) is 2.18. The average Bonchev–Trinajstić information content (AvgIpc) is 2.16. The summed E-state index contributed by atoms with van der Waals surface area (Å²) in [5.41, 5.74) is 0. The molecule has 0 amide bonds. The van der Waals surface area contributed by atoms with E-state index in [-0.39, 0.29) is 40.8 Å². The maximum absolute atomic E-state index is 11.0. The molecule has 0 radical (unpaired) electrons. The Labute approximate surface area is 127 Å². The molecule has 0 aliphatic rings. The first-order valence-corrected chi connectivity index (χ1v) is 6.25. The van der Waals surface area contributed by atoms with Crippen LogP contribution in [0.25, 0.3) is 10.8 Å². The molecule has 82 valence electrons. The third-order valence-corrected chi connectivity index (χ3v) is 2.47. The Bertz CT molecular complexity index is 588. The predicted molar refractivity (Wildman–Crippen MR) is 59.4 cm³/mol. The summed E-state index contributed by atoms with van der Waals surface area (Å²) in [5.74, 6) is 0.371. The normalized spacial score (nSPS) is 10.8. The Morgan fingerprint density at radius 1 is 1.00 bits per heavy atom. The molecule has 0 heterocycles. The molecule has 0 saturated heterocycles. The van der Waals surface area contributed by atoms with Crippen molar-refractivity contribution >= 4 is 20.9 Å². The van der Waals surface area contributed by atoms with E-state index < -0.39 is 10.1 Å². The molecule has 0 spiro atoms. The Morgan fingerprint density at radius 2 is 1.62 bits per heavy atom. The molecule has 5 heteroatoms. The molecular formula is C11H10NdO3S. The number of rotatable bonds is 2. The van der Waals surface area contributed by atoms with Gasteiger partial charge in [-0.05, 0) is 11.5 Å². The van der Waals surface area contributed by atoms with Crippen molar-refractivity contribution < 1.29 is 53.4 Å². The van der Waals surface area contributed by atoms with E-state index in [1.165, 1.54) is 0 Å². The molecule has 16 heavy (non-hydrogen) atoms. The summed E-state index contributed by atoms with van der Waals surface area (Å²) in [6, 6.07) is 12.8. The zero-order valence-electron chi connectivity index (χ0n) is 8.67. The molecule has 0 aliphatic heterocycles. The Hall–Kier alpha value is -0.199. The first-order valence-electron chi connectivity index (χ1n) is 4.43. The summed E-state index contributed by atoms with van der Waals surface area (Å²) in [7, 11) is -3.47. The van der Waals surface area contributed by atoms with Crippen molar-refractivity contribution in [3.63, 3.8) is 0 Å². The second-order valence-corrected chi connectivity index (χ2v) is 4.84. The number of fused-ring (bicyclic) bond motifs is 1. The maximum atomic E-state index is 11.0. The van der Waals surface area contributed by atoms with Crippen molar-refractivity contribution in [1.82, 2.24) is 0 Å². The van der Waals surface area contributed by atoms with E-state index in [9.17, 15) is 8.42 Å². The van der Waals surface area contributed by atoms with Gasteiger partial charge in [-0.2, -0.15) is 8.42 Å². The molecule has 0 atom stereocenters. The molecular weight excluding hydrogens is 356 g/mol. The van der Waals surface area contributed by atoms with Crippen LogP contribution in [0.5, 0.6) is 5.75 Å². The topological polar surface area (TPSA) is 43.4 Å². The summed E-state index contributed by atoms with van der Waals surface area (Å²) in [6.07, 6.45) is 1.04. The fraction of sp³-hybridized carbons (Fsp3) is 0.0909. The summed E-state index contributed by atoms with van der Waals surface area (Å²) >= 11 is 0. The van der Waals surface area contributed by atoms with E-state index in [2.05, 4.69) is 0 Å². The summed E-state index contributed by atoms with van der Waals surface area (Å²) in [4.78, 5) is 0. The summed E-state index contributed by atoms with van der Waals surface area (Å²) < 4.78 is 26.9. The molecule has 0 N–H and O–H groups in total. The van der Waals surface area contributed by atoms with Crippen LogP contribution < -0.4 is 4.18 Å². The zero-order valence-corrected chi connectivity index (χ0v) is 12.7. The van der Waals surface area contributed by atoms with Gasteiger partial charge >= 0.3 is 10.1 Å². The number of benzene rings is 2. The molecule has 0 aliphatic carbocycles.